The molecule has 2 atom stereocenters. The third-order valence-electron chi connectivity index (χ3n) is 2.79. The Balaban J connectivity index is 2.62. The quantitative estimate of drug-likeness (QED) is 0.772. The molecule has 0 fully saturated rings. The Morgan fingerprint density at radius 3 is 2.50 bits per heavy atom. The Kier molecular flexibility index (Phi) is 4.99. The standard InChI is InChI=1S/C13H19NO2/c1-2-12(14)9-11(13(15)16)8-10-6-4-3-5-7-10/h3-7,11-12H,2,8-9,14H2,1H3,(H,15,16). The van der Waals surface area contributed by atoms with Gasteiger partial charge in [-0.25, -0.2) is 0 Å². The first kappa shape index (κ1) is 12.7. The van der Waals surface area contributed by atoms with Gasteiger partial charge in [-0.2, -0.15) is 0 Å². The molecule has 0 aliphatic carbocycles. The Labute approximate surface area is 96.3 Å². The van der Waals surface area contributed by atoms with Crippen molar-refractivity contribution in [2.75, 3.05) is 0 Å². The minimum absolute atomic E-state index is 0.0233. The molecule has 0 heterocycles. The third kappa shape index (κ3) is 4.03. The lowest BCUT2D eigenvalue weighted by Gasteiger charge is -2.16. The number of hydrogen-bond donors (Lipinski definition) is 2. The summed E-state index contributed by atoms with van der Waals surface area (Å²) in [6, 6.07) is 9.66. The van der Waals surface area contributed by atoms with Gasteiger partial charge >= 0.3 is 5.97 Å². The second-order valence-corrected chi connectivity index (χ2v) is 4.13. The summed E-state index contributed by atoms with van der Waals surface area (Å²) in [4.78, 5) is 11.1. The van der Waals surface area contributed by atoms with E-state index in [-0.39, 0.29) is 12.0 Å². The Bertz CT molecular complexity index is 324. The number of hydrogen-bond acceptors (Lipinski definition) is 2. The summed E-state index contributed by atoms with van der Waals surface area (Å²) in [5.74, 6) is -1.13. The highest BCUT2D eigenvalue weighted by Gasteiger charge is 2.20. The number of aliphatic carboxylic acids is 1. The van der Waals surface area contributed by atoms with Crippen LogP contribution in [0.2, 0.25) is 0 Å². The van der Waals surface area contributed by atoms with Crippen molar-refractivity contribution < 1.29 is 9.90 Å². The summed E-state index contributed by atoms with van der Waals surface area (Å²) in [5.41, 5.74) is 6.86. The molecule has 1 rings (SSSR count). The second-order valence-electron chi connectivity index (χ2n) is 4.13. The SMILES string of the molecule is CCC(N)CC(Cc1ccccc1)C(=O)O. The van der Waals surface area contributed by atoms with E-state index in [4.69, 9.17) is 10.8 Å². The lowest BCUT2D eigenvalue weighted by molar-refractivity contribution is -0.142. The van der Waals surface area contributed by atoms with Gasteiger partial charge in [-0.1, -0.05) is 37.3 Å². The molecule has 88 valence electrons. The second kappa shape index (κ2) is 6.28. The minimum Gasteiger partial charge on any atom is -0.481 e. The van der Waals surface area contributed by atoms with E-state index in [2.05, 4.69) is 0 Å². The largest absolute Gasteiger partial charge is 0.481 e. The maximum atomic E-state index is 11.1. The van der Waals surface area contributed by atoms with Gasteiger partial charge < -0.3 is 10.8 Å². The van der Waals surface area contributed by atoms with Gasteiger partial charge in [-0.15, -0.1) is 0 Å². The fourth-order valence-corrected chi connectivity index (χ4v) is 1.70. The molecule has 0 aromatic heterocycles. The lowest BCUT2D eigenvalue weighted by Crippen LogP contribution is -2.28. The van der Waals surface area contributed by atoms with Gasteiger partial charge in [0.1, 0.15) is 0 Å². The average molecular weight is 221 g/mol. The number of rotatable bonds is 6. The predicted molar refractivity (Wildman–Crippen MR) is 64.2 cm³/mol. The van der Waals surface area contributed by atoms with Crippen molar-refractivity contribution in [3.8, 4) is 0 Å². The molecule has 2 unspecified atom stereocenters. The van der Waals surface area contributed by atoms with Crippen LogP contribution in [0.25, 0.3) is 0 Å². The van der Waals surface area contributed by atoms with E-state index >= 15 is 0 Å². The molecule has 0 amide bonds. The van der Waals surface area contributed by atoms with E-state index in [0.29, 0.717) is 12.8 Å². The minimum atomic E-state index is -0.757. The summed E-state index contributed by atoms with van der Waals surface area (Å²) in [7, 11) is 0. The average Bonchev–Trinajstić information content (AvgIpc) is 2.29. The van der Waals surface area contributed by atoms with Gasteiger partial charge in [-0.3, -0.25) is 4.79 Å². The molecule has 0 bridgehead atoms. The van der Waals surface area contributed by atoms with Gasteiger partial charge in [-0.05, 0) is 24.8 Å². The predicted octanol–water partition coefficient (Wildman–Crippen LogP) is 2.06. The number of nitrogens with two attached hydrogens (primary N) is 1. The Morgan fingerprint density at radius 2 is 2.00 bits per heavy atom. The molecular formula is C13H19NO2. The van der Waals surface area contributed by atoms with Gasteiger partial charge in [0.25, 0.3) is 0 Å². The number of carbonyl (C=O) groups is 1. The molecule has 3 heteroatoms. The van der Waals surface area contributed by atoms with Crippen molar-refractivity contribution in [3.63, 3.8) is 0 Å². The van der Waals surface area contributed by atoms with Gasteiger partial charge in [0.05, 0.1) is 5.92 Å². The molecule has 0 saturated carbocycles. The van der Waals surface area contributed by atoms with Crippen LogP contribution in [0.15, 0.2) is 30.3 Å². The van der Waals surface area contributed by atoms with Gasteiger partial charge in [0.2, 0.25) is 0 Å². The fraction of sp³-hybridized carbons (Fsp3) is 0.462. The van der Waals surface area contributed by atoms with Crippen LogP contribution < -0.4 is 5.73 Å². The lowest BCUT2D eigenvalue weighted by atomic mass is 9.92. The molecule has 0 radical (unpaired) electrons. The summed E-state index contributed by atoms with van der Waals surface area (Å²) in [6.07, 6.45) is 1.92. The number of carboxylic acid groups (broad SMARTS) is 1. The van der Waals surface area contributed by atoms with Crippen molar-refractivity contribution in [2.24, 2.45) is 11.7 Å². The van der Waals surface area contributed by atoms with Crippen LogP contribution in [0.3, 0.4) is 0 Å². The van der Waals surface area contributed by atoms with E-state index in [9.17, 15) is 4.79 Å². The van der Waals surface area contributed by atoms with Crippen LogP contribution in [-0.4, -0.2) is 17.1 Å². The molecule has 3 nitrogen and oxygen atoms in total. The highest BCUT2D eigenvalue weighted by molar-refractivity contribution is 5.70. The molecule has 0 spiro atoms. The van der Waals surface area contributed by atoms with Crippen LogP contribution in [0.4, 0.5) is 0 Å². The summed E-state index contributed by atoms with van der Waals surface area (Å²) >= 11 is 0. The maximum absolute atomic E-state index is 11.1. The smallest absolute Gasteiger partial charge is 0.306 e. The topological polar surface area (TPSA) is 63.3 Å². The van der Waals surface area contributed by atoms with E-state index in [1.54, 1.807) is 0 Å². The number of carboxylic acids is 1. The first-order valence-electron chi connectivity index (χ1n) is 5.65. The molecule has 1 aromatic carbocycles. The highest BCUT2D eigenvalue weighted by Crippen LogP contribution is 2.15. The van der Waals surface area contributed by atoms with Gasteiger partial charge in [0, 0.05) is 6.04 Å². The summed E-state index contributed by atoms with van der Waals surface area (Å²) in [5, 5.41) is 9.12. The highest BCUT2D eigenvalue weighted by atomic mass is 16.4. The van der Waals surface area contributed by atoms with Crippen molar-refractivity contribution in [1.29, 1.82) is 0 Å². The first-order valence-corrected chi connectivity index (χ1v) is 5.65. The van der Waals surface area contributed by atoms with Crippen LogP contribution in [0.5, 0.6) is 0 Å². The van der Waals surface area contributed by atoms with Crippen LogP contribution >= 0.6 is 0 Å². The molecule has 3 N–H and O–H groups in total. The van der Waals surface area contributed by atoms with Crippen LogP contribution in [0.1, 0.15) is 25.3 Å². The third-order valence-corrected chi connectivity index (χ3v) is 2.79. The van der Waals surface area contributed by atoms with E-state index in [1.807, 2.05) is 37.3 Å². The zero-order valence-corrected chi connectivity index (χ0v) is 9.60. The van der Waals surface area contributed by atoms with Crippen molar-refractivity contribution >= 4 is 5.97 Å². The Morgan fingerprint density at radius 1 is 1.38 bits per heavy atom. The zero-order chi connectivity index (χ0) is 12.0. The maximum Gasteiger partial charge on any atom is 0.306 e. The van der Waals surface area contributed by atoms with Crippen molar-refractivity contribution in [2.45, 2.75) is 32.2 Å². The molecular weight excluding hydrogens is 202 g/mol. The first-order chi connectivity index (χ1) is 7.63. The molecule has 0 saturated heterocycles. The zero-order valence-electron chi connectivity index (χ0n) is 9.60. The summed E-state index contributed by atoms with van der Waals surface area (Å²) in [6.45, 7) is 1.98. The van der Waals surface area contributed by atoms with E-state index in [1.165, 1.54) is 0 Å². The van der Waals surface area contributed by atoms with Crippen LogP contribution in [-0.2, 0) is 11.2 Å². The van der Waals surface area contributed by atoms with Crippen molar-refractivity contribution in [1.82, 2.24) is 0 Å². The Hall–Kier alpha value is -1.35. The normalized spacial score (nSPS) is 14.4. The molecule has 1 aromatic rings. The molecule has 16 heavy (non-hydrogen) atoms. The number of benzene rings is 1. The fourth-order valence-electron chi connectivity index (χ4n) is 1.70. The summed E-state index contributed by atoms with van der Waals surface area (Å²) < 4.78 is 0. The van der Waals surface area contributed by atoms with Gasteiger partial charge in [0.15, 0.2) is 0 Å². The monoisotopic (exact) mass is 221 g/mol. The van der Waals surface area contributed by atoms with Crippen LogP contribution in [0, 0.1) is 5.92 Å². The van der Waals surface area contributed by atoms with Crippen molar-refractivity contribution in [3.05, 3.63) is 35.9 Å². The molecule has 0 aliphatic heterocycles. The van der Waals surface area contributed by atoms with E-state index < -0.39 is 5.97 Å². The van der Waals surface area contributed by atoms with E-state index in [0.717, 1.165) is 12.0 Å². The molecule has 0 aliphatic rings.